The van der Waals surface area contributed by atoms with Crippen LogP contribution in [0.2, 0.25) is 0 Å². The van der Waals surface area contributed by atoms with Gasteiger partial charge in [-0.25, -0.2) is 4.98 Å². The van der Waals surface area contributed by atoms with Crippen molar-refractivity contribution in [3.8, 4) is 11.3 Å². The summed E-state index contributed by atoms with van der Waals surface area (Å²) in [5, 5.41) is 3.93. The number of thiazole rings is 1. The number of rotatable bonds is 3. The molecule has 1 N–H and O–H groups in total. The van der Waals surface area contributed by atoms with Crippen molar-refractivity contribution in [2.75, 3.05) is 5.32 Å². The van der Waals surface area contributed by atoms with Crippen LogP contribution < -0.4 is 10.7 Å². The van der Waals surface area contributed by atoms with E-state index < -0.39 is 0 Å². The first-order chi connectivity index (χ1) is 13.4. The van der Waals surface area contributed by atoms with Gasteiger partial charge < -0.3 is 4.42 Å². The number of fused-ring (bicyclic) bond motifs is 1. The van der Waals surface area contributed by atoms with Gasteiger partial charge in [0.25, 0.3) is 5.91 Å². The monoisotopic (exact) mass is 390 g/mol. The van der Waals surface area contributed by atoms with Gasteiger partial charge in [0.05, 0.1) is 5.39 Å². The molecule has 0 bridgehead atoms. The molecule has 6 heteroatoms. The topological polar surface area (TPSA) is 72.2 Å². The zero-order valence-corrected chi connectivity index (χ0v) is 16.5. The molecule has 4 rings (SSSR count). The number of amides is 1. The van der Waals surface area contributed by atoms with E-state index in [9.17, 15) is 9.59 Å². The van der Waals surface area contributed by atoms with Crippen LogP contribution in [0.25, 0.3) is 22.3 Å². The average Bonchev–Trinajstić information content (AvgIpc) is 3.07. The van der Waals surface area contributed by atoms with Crippen LogP contribution in [-0.4, -0.2) is 10.9 Å². The van der Waals surface area contributed by atoms with E-state index in [2.05, 4.69) is 10.3 Å². The number of nitrogens with one attached hydrogen (secondary N) is 1. The van der Waals surface area contributed by atoms with Gasteiger partial charge in [-0.15, -0.1) is 11.3 Å². The maximum atomic E-state index is 12.5. The van der Waals surface area contributed by atoms with Crippen molar-refractivity contribution in [3.63, 3.8) is 0 Å². The number of aromatic nitrogens is 1. The Morgan fingerprint density at radius 3 is 2.50 bits per heavy atom. The first-order valence-electron chi connectivity index (χ1n) is 8.80. The molecule has 0 saturated carbocycles. The highest BCUT2D eigenvalue weighted by molar-refractivity contribution is 7.15. The molecule has 0 radical (unpaired) electrons. The Hall–Kier alpha value is -3.25. The van der Waals surface area contributed by atoms with Gasteiger partial charge >= 0.3 is 0 Å². The predicted molar refractivity (Wildman–Crippen MR) is 112 cm³/mol. The molecule has 140 valence electrons. The molecular weight excluding hydrogens is 372 g/mol. The fraction of sp³-hybridized carbons (Fsp3) is 0.136. The van der Waals surface area contributed by atoms with Crippen molar-refractivity contribution in [1.29, 1.82) is 0 Å². The minimum Gasteiger partial charge on any atom is -0.456 e. The molecule has 2 heterocycles. The van der Waals surface area contributed by atoms with Crippen molar-refractivity contribution in [1.82, 2.24) is 4.98 Å². The average molecular weight is 390 g/mol. The van der Waals surface area contributed by atoms with Crippen LogP contribution in [0, 0.1) is 20.8 Å². The summed E-state index contributed by atoms with van der Waals surface area (Å²) >= 11 is 1.42. The fourth-order valence-electron chi connectivity index (χ4n) is 3.12. The summed E-state index contributed by atoms with van der Waals surface area (Å²) in [5.74, 6) is 0.249. The molecule has 5 nitrogen and oxygen atoms in total. The third kappa shape index (κ3) is 3.46. The Morgan fingerprint density at radius 2 is 1.82 bits per heavy atom. The number of nitrogens with zero attached hydrogens (tertiary/aromatic N) is 1. The molecular formula is C22H18N2O3S. The number of hydrogen-bond acceptors (Lipinski definition) is 5. The molecule has 0 atom stereocenters. The van der Waals surface area contributed by atoms with Crippen LogP contribution in [0.15, 0.2) is 57.9 Å². The first kappa shape index (κ1) is 18.1. The Balaban J connectivity index is 1.65. The largest absolute Gasteiger partial charge is 0.456 e. The van der Waals surface area contributed by atoms with E-state index in [1.165, 1.54) is 17.4 Å². The van der Waals surface area contributed by atoms with Crippen LogP contribution in [0.4, 0.5) is 5.13 Å². The van der Waals surface area contributed by atoms with Crippen LogP contribution in [0.1, 0.15) is 26.4 Å². The second kappa shape index (κ2) is 7.05. The molecule has 1 amide bonds. The number of hydrogen-bond donors (Lipinski definition) is 1. The normalized spacial score (nSPS) is 11.0. The summed E-state index contributed by atoms with van der Waals surface area (Å²) in [6, 6.07) is 12.3. The second-order valence-electron chi connectivity index (χ2n) is 6.74. The summed E-state index contributed by atoms with van der Waals surface area (Å²) < 4.78 is 6.00. The maximum absolute atomic E-state index is 12.5. The van der Waals surface area contributed by atoms with E-state index in [1.54, 1.807) is 30.5 Å². The van der Waals surface area contributed by atoms with E-state index in [-0.39, 0.29) is 11.3 Å². The minimum atomic E-state index is -0.229. The fourth-order valence-corrected chi connectivity index (χ4v) is 3.78. The van der Waals surface area contributed by atoms with Gasteiger partial charge in [0.2, 0.25) is 0 Å². The van der Waals surface area contributed by atoms with Gasteiger partial charge in [-0.2, -0.15) is 0 Å². The van der Waals surface area contributed by atoms with Gasteiger partial charge in [0.1, 0.15) is 11.3 Å². The molecule has 2 aromatic carbocycles. The first-order valence-corrected chi connectivity index (χ1v) is 9.62. The zero-order valence-electron chi connectivity index (χ0n) is 15.7. The van der Waals surface area contributed by atoms with Crippen molar-refractivity contribution in [2.45, 2.75) is 20.8 Å². The smallest absolute Gasteiger partial charge is 0.257 e. The predicted octanol–water partition coefficient (Wildman–Crippen LogP) is 5.09. The summed E-state index contributed by atoms with van der Waals surface area (Å²) in [6.07, 6.45) is 1.72. The van der Waals surface area contributed by atoms with Gasteiger partial charge in [0.15, 0.2) is 10.6 Å². The van der Waals surface area contributed by atoms with Crippen molar-refractivity contribution >= 4 is 33.3 Å². The lowest BCUT2D eigenvalue weighted by Crippen LogP contribution is -2.11. The zero-order chi connectivity index (χ0) is 19.8. The molecule has 4 aromatic rings. The molecule has 0 spiro atoms. The Bertz CT molecular complexity index is 1250. The summed E-state index contributed by atoms with van der Waals surface area (Å²) in [7, 11) is 0. The second-order valence-corrected chi connectivity index (χ2v) is 7.98. The summed E-state index contributed by atoms with van der Waals surface area (Å²) in [5.41, 5.74) is 3.70. The summed E-state index contributed by atoms with van der Waals surface area (Å²) in [6.45, 7) is 5.81. The molecule has 0 saturated heterocycles. The highest BCUT2D eigenvalue weighted by Crippen LogP contribution is 2.26. The van der Waals surface area contributed by atoms with Crippen molar-refractivity contribution in [3.05, 3.63) is 80.5 Å². The lowest BCUT2D eigenvalue weighted by atomic mass is 10.1. The minimum absolute atomic E-state index is 0.0796. The van der Waals surface area contributed by atoms with E-state index in [0.717, 1.165) is 21.6 Å². The van der Waals surface area contributed by atoms with E-state index in [1.807, 2.05) is 32.9 Å². The Labute approximate surface area is 165 Å². The summed E-state index contributed by atoms with van der Waals surface area (Å²) in [4.78, 5) is 30.1. The molecule has 0 aliphatic rings. The van der Waals surface area contributed by atoms with Crippen molar-refractivity contribution < 1.29 is 9.21 Å². The van der Waals surface area contributed by atoms with E-state index in [0.29, 0.717) is 27.4 Å². The lowest BCUT2D eigenvalue weighted by molar-refractivity contribution is 0.102. The standard InChI is InChI=1S/C22H18N2O3S/c1-12-8-13(2)20-17(9-12)18(25)10-19(27-20)15-4-6-16(7-5-15)21(26)24-22-23-11-14(3)28-22/h4-11H,1-3H3,(H,23,24,26). The Kier molecular flexibility index (Phi) is 4.57. The number of anilines is 1. The molecule has 0 fully saturated rings. The molecule has 2 aromatic heterocycles. The third-order valence-electron chi connectivity index (χ3n) is 4.43. The van der Waals surface area contributed by atoms with Crippen LogP contribution in [-0.2, 0) is 0 Å². The van der Waals surface area contributed by atoms with Gasteiger partial charge in [0, 0.05) is 28.3 Å². The maximum Gasteiger partial charge on any atom is 0.257 e. The Morgan fingerprint density at radius 1 is 1.07 bits per heavy atom. The van der Waals surface area contributed by atoms with E-state index >= 15 is 0 Å². The van der Waals surface area contributed by atoms with Crippen LogP contribution >= 0.6 is 11.3 Å². The van der Waals surface area contributed by atoms with Crippen molar-refractivity contribution in [2.24, 2.45) is 0 Å². The highest BCUT2D eigenvalue weighted by Gasteiger charge is 2.12. The number of carbonyl (C=O) groups excluding carboxylic acids is 1. The third-order valence-corrected chi connectivity index (χ3v) is 5.26. The van der Waals surface area contributed by atoms with Gasteiger partial charge in [-0.3, -0.25) is 14.9 Å². The highest BCUT2D eigenvalue weighted by atomic mass is 32.1. The molecule has 0 aliphatic carbocycles. The number of aryl methyl sites for hydroxylation is 3. The molecule has 0 unspecified atom stereocenters. The van der Waals surface area contributed by atoms with Crippen LogP contribution in [0.3, 0.4) is 0 Å². The number of carbonyl (C=O) groups is 1. The quantitative estimate of drug-likeness (QED) is 0.529. The lowest BCUT2D eigenvalue weighted by Gasteiger charge is -2.07. The van der Waals surface area contributed by atoms with Crippen LogP contribution in [0.5, 0.6) is 0 Å². The number of benzene rings is 2. The molecule has 0 aliphatic heterocycles. The van der Waals surface area contributed by atoms with Gasteiger partial charge in [-0.1, -0.05) is 18.2 Å². The SMILES string of the molecule is Cc1cc(C)c2oc(-c3ccc(C(=O)Nc4ncc(C)s4)cc3)cc(=O)c2c1. The van der Waals surface area contributed by atoms with Gasteiger partial charge in [-0.05, 0) is 50.1 Å². The van der Waals surface area contributed by atoms with E-state index in [4.69, 9.17) is 4.42 Å². The molecule has 28 heavy (non-hydrogen) atoms.